The molecule has 9 rings (SSSR count). The van der Waals surface area contributed by atoms with Gasteiger partial charge in [0.25, 0.3) is 0 Å². The van der Waals surface area contributed by atoms with E-state index in [1.807, 2.05) is 0 Å². The zero-order chi connectivity index (χ0) is 42.5. The van der Waals surface area contributed by atoms with Gasteiger partial charge >= 0.3 is 0 Å². The van der Waals surface area contributed by atoms with Gasteiger partial charge in [0.2, 0.25) is 0 Å². The van der Waals surface area contributed by atoms with Crippen molar-refractivity contribution in [2.24, 2.45) is 0 Å². The highest BCUT2D eigenvalue weighted by atomic mass is 79.9. The van der Waals surface area contributed by atoms with E-state index >= 15 is 0 Å². The van der Waals surface area contributed by atoms with Gasteiger partial charge in [-0.3, -0.25) is 0 Å². The highest BCUT2D eigenvalue weighted by Gasteiger charge is 2.42. The van der Waals surface area contributed by atoms with Crippen molar-refractivity contribution in [1.82, 2.24) is 0 Å². The monoisotopic (exact) mass is 883 g/mol. The Labute approximate surface area is 381 Å². The van der Waals surface area contributed by atoms with Crippen molar-refractivity contribution < 1.29 is 30.9 Å². The molecule has 62 heavy (non-hydrogen) atoms. The average molecular weight is 885 g/mol. The van der Waals surface area contributed by atoms with E-state index in [0.717, 1.165) is 67.8 Å². The fourth-order valence-corrected chi connectivity index (χ4v) is 10.8. The maximum Gasteiger partial charge on any atom is 0.119 e. The number of methoxy groups -OCH3 is 1. The van der Waals surface area contributed by atoms with Crippen molar-refractivity contribution in [3.05, 3.63) is 156 Å². The van der Waals surface area contributed by atoms with Gasteiger partial charge in [0.05, 0.1) is 40.9 Å². The molecule has 3 nitrogen and oxygen atoms in total. The zero-order valence-electron chi connectivity index (χ0n) is 38.0. The van der Waals surface area contributed by atoms with Crippen LogP contribution >= 0.6 is 0 Å². The van der Waals surface area contributed by atoms with Gasteiger partial charge in [-0.1, -0.05) is 107 Å². The molecule has 2 aliphatic carbocycles. The summed E-state index contributed by atoms with van der Waals surface area (Å²) in [6, 6.07) is 50.8. The van der Waals surface area contributed by atoms with Crippen LogP contribution in [0, 0.1) is 0 Å². The van der Waals surface area contributed by atoms with E-state index in [9.17, 15) is 0 Å². The van der Waals surface area contributed by atoms with E-state index in [1.165, 1.54) is 88.7 Å². The highest BCUT2D eigenvalue weighted by Crippen LogP contribution is 2.56. The Morgan fingerprint density at radius 1 is 0.435 bits per heavy atom. The Bertz CT molecular complexity index is 2760. The summed E-state index contributed by atoms with van der Waals surface area (Å²) in [7, 11) is 6.29. The molecule has 0 spiro atoms. The maximum absolute atomic E-state index is 6.20. The van der Waals surface area contributed by atoms with Crippen molar-refractivity contribution in [1.29, 1.82) is 0 Å². The van der Waals surface area contributed by atoms with E-state index in [1.54, 1.807) is 7.11 Å². The molecule has 0 amide bonds. The number of fused-ring (bicyclic) bond motifs is 7. The molecule has 0 bridgehead atoms. The Morgan fingerprint density at radius 3 is 1.24 bits per heavy atom. The van der Waals surface area contributed by atoms with Gasteiger partial charge in [-0.2, -0.15) is 0 Å². The van der Waals surface area contributed by atoms with E-state index in [-0.39, 0.29) is 27.8 Å². The lowest BCUT2D eigenvalue weighted by Gasteiger charge is -2.31. The topological polar surface area (TPSA) is 18.5 Å². The van der Waals surface area contributed by atoms with E-state index < -0.39 is 0 Å². The number of rotatable bonds is 14. The molecule has 7 aromatic carbocycles. The third-order valence-corrected chi connectivity index (χ3v) is 15.1. The van der Waals surface area contributed by atoms with Crippen LogP contribution in [-0.4, -0.2) is 45.4 Å². The van der Waals surface area contributed by atoms with Crippen LogP contribution in [0.25, 0.3) is 66.4 Å². The van der Waals surface area contributed by atoms with Crippen LogP contribution in [0.5, 0.6) is 11.5 Å². The fraction of sp³-hybridized carbons (Fsp3) is 0.310. The largest absolute Gasteiger partial charge is 1.00 e. The second kappa shape index (κ2) is 17.2. The second-order valence-electron chi connectivity index (χ2n) is 18.2. The minimum absolute atomic E-state index is 0. The first kappa shape index (κ1) is 43.5. The molecule has 318 valence electrons. The van der Waals surface area contributed by atoms with Crippen LogP contribution in [0.4, 0.5) is 0 Å². The quantitative estimate of drug-likeness (QED) is 0.0800. The molecule has 0 atom stereocenters. The molecule has 0 radical (unpaired) electrons. The van der Waals surface area contributed by atoms with Crippen molar-refractivity contribution in [3.8, 4) is 67.1 Å². The number of quaternary nitrogens is 1. The molecule has 0 unspecified atom stereocenters. The third kappa shape index (κ3) is 7.27. The van der Waals surface area contributed by atoms with Gasteiger partial charge in [0.1, 0.15) is 11.5 Å². The maximum atomic E-state index is 6.20. The van der Waals surface area contributed by atoms with Gasteiger partial charge in [0, 0.05) is 17.3 Å². The lowest BCUT2D eigenvalue weighted by atomic mass is 9.72. The number of halogens is 1. The molecular weight excluding hydrogens is 823 g/mol. The summed E-state index contributed by atoms with van der Waals surface area (Å²) in [5.41, 5.74) is 18.9. The molecule has 0 aliphatic heterocycles. The first-order valence-electron chi connectivity index (χ1n) is 22.8. The Morgan fingerprint density at radius 2 is 0.806 bits per heavy atom. The molecule has 0 heterocycles. The number of hydrogen-bond acceptors (Lipinski definition) is 2. The van der Waals surface area contributed by atoms with Crippen LogP contribution in [0.3, 0.4) is 0 Å². The molecule has 0 N–H and O–H groups in total. The van der Waals surface area contributed by atoms with E-state index in [0.29, 0.717) is 0 Å². The van der Waals surface area contributed by atoms with Crippen molar-refractivity contribution >= 4 is 10.8 Å². The summed E-state index contributed by atoms with van der Waals surface area (Å²) in [5.74, 6) is 1.84. The molecule has 4 heteroatoms. The predicted octanol–water partition coefficient (Wildman–Crippen LogP) is 11.9. The van der Waals surface area contributed by atoms with Crippen molar-refractivity contribution in [3.63, 3.8) is 0 Å². The highest BCUT2D eigenvalue weighted by molar-refractivity contribution is 5.91. The predicted molar refractivity (Wildman–Crippen MR) is 258 cm³/mol. The number of hydrogen-bond donors (Lipinski definition) is 0. The summed E-state index contributed by atoms with van der Waals surface area (Å²) in [4.78, 5) is 0. The first-order chi connectivity index (χ1) is 29.6. The second-order valence-corrected chi connectivity index (χ2v) is 18.2. The minimum atomic E-state index is -0.0492. The van der Waals surface area contributed by atoms with Crippen LogP contribution in [0.2, 0.25) is 0 Å². The van der Waals surface area contributed by atoms with Gasteiger partial charge < -0.3 is 30.9 Å². The molecule has 0 aromatic heterocycles. The standard InChI is InChI=1S/C58H62NO2.BrH/c1-9-57(10-2)53-35-43(39-17-24-47(60-8)25-18-39)20-27-49(53)51-29-22-45(37-55(51)57)46-23-30-52-50-28-21-44(36-54(50)58(11-3,12-4)56(52)38-46)40-15-16-42-34-48(26-19-41(42)33-40)61-32-14-31-59(6,7)13-5;/h15-30,33-38H,9-14,31-32H2,1-8H3;1H/q+1;/p-1. The lowest BCUT2D eigenvalue weighted by Crippen LogP contribution is -3.00. The molecule has 0 saturated heterocycles. The summed E-state index contributed by atoms with van der Waals surface area (Å²) in [6.45, 7) is 14.7. The third-order valence-electron chi connectivity index (χ3n) is 15.1. The van der Waals surface area contributed by atoms with Gasteiger partial charge in [0.15, 0.2) is 0 Å². The van der Waals surface area contributed by atoms with Crippen LogP contribution in [-0.2, 0) is 10.8 Å². The molecular formula is C58H62BrNO2. The van der Waals surface area contributed by atoms with E-state index in [2.05, 4.69) is 182 Å². The number of benzene rings is 7. The minimum Gasteiger partial charge on any atom is -1.00 e. The SMILES string of the molecule is CCC1(CC)c2cc(-c3ccc(OC)cc3)ccc2-c2ccc(-c3ccc4c(c3)C(CC)(CC)c3cc(-c5ccc6cc(OCCC[N+](C)(C)CC)ccc6c5)ccc3-4)cc21.[Br-]. The van der Waals surface area contributed by atoms with Gasteiger partial charge in [-0.25, -0.2) is 0 Å². The first-order valence-corrected chi connectivity index (χ1v) is 22.8. The van der Waals surface area contributed by atoms with Crippen LogP contribution in [0.1, 0.15) is 89.0 Å². The van der Waals surface area contributed by atoms with Crippen molar-refractivity contribution in [2.75, 3.05) is 40.9 Å². The molecule has 7 aromatic rings. The number of nitrogens with zero attached hydrogens (tertiary/aromatic N) is 1. The van der Waals surface area contributed by atoms with E-state index in [4.69, 9.17) is 9.47 Å². The summed E-state index contributed by atoms with van der Waals surface area (Å²) in [6.07, 6.45) is 5.26. The molecule has 0 saturated carbocycles. The summed E-state index contributed by atoms with van der Waals surface area (Å²) in [5, 5.41) is 2.46. The van der Waals surface area contributed by atoms with Crippen LogP contribution in [0.15, 0.2) is 133 Å². The Kier molecular flexibility index (Phi) is 12.1. The van der Waals surface area contributed by atoms with Gasteiger partial charge in [-0.15, -0.1) is 0 Å². The fourth-order valence-electron chi connectivity index (χ4n) is 10.8. The smallest absolute Gasteiger partial charge is 0.119 e. The van der Waals surface area contributed by atoms with Gasteiger partial charge in [-0.05, 0) is 176 Å². The summed E-state index contributed by atoms with van der Waals surface area (Å²) < 4.78 is 12.7. The average Bonchev–Trinajstić information content (AvgIpc) is 3.75. The Balaban J connectivity index is 0.00000529. The Hall–Kier alpha value is -5.16. The summed E-state index contributed by atoms with van der Waals surface area (Å²) >= 11 is 0. The zero-order valence-corrected chi connectivity index (χ0v) is 39.6. The number of ether oxygens (including phenoxy) is 2. The lowest BCUT2D eigenvalue weighted by molar-refractivity contribution is -0.888. The molecule has 0 fully saturated rings. The molecule has 2 aliphatic rings. The van der Waals surface area contributed by atoms with Crippen molar-refractivity contribution in [2.45, 2.75) is 77.6 Å². The van der Waals surface area contributed by atoms with Crippen LogP contribution < -0.4 is 26.5 Å². The normalized spacial score (nSPS) is 14.1.